The van der Waals surface area contributed by atoms with Crippen LogP contribution in [0.15, 0.2) is 0 Å². The van der Waals surface area contributed by atoms with Crippen LogP contribution in [0.25, 0.3) is 0 Å². The van der Waals surface area contributed by atoms with Crippen LogP contribution in [0.3, 0.4) is 0 Å². The minimum Gasteiger partial charge on any atom is -1.00 e. The average molecular weight is 256 g/mol. The Balaban J connectivity index is -0.0000000133. The van der Waals surface area contributed by atoms with E-state index in [0.29, 0.717) is 0 Å². The first kappa shape index (κ1) is 30.5. The molecule has 0 aromatic heterocycles. The van der Waals surface area contributed by atoms with Crippen molar-refractivity contribution in [3.63, 3.8) is 0 Å². The van der Waals surface area contributed by atoms with Gasteiger partial charge >= 0.3 is 49.0 Å². The molecule has 0 radical (unpaired) electrons. The molecule has 0 atom stereocenters. The Labute approximate surface area is 101 Å². The average Bonchev–Trinajstić information content (AvgIpc) is 0.722. The van der Waals surface area contributed by atoms with Crippen LogP contribution in [-0.2, 0) is 29.9 Å². The van der Waals surface area contributed by atoms with Crippen LogP contribution in [0.4, 0.5) is 0 Å². The maximum atomic E-state index is 8.52. The monoisotopic (exact) mass is 254 g/mol. The predicted octanol–water partition coefficient (Wildman–Crippen LogP) is -6.91. The zero-order valence-electron chi connectivity index (χ0n) is 4.53. The van der Waals surface area contributed by atoms with Gasteiger partial charge in [-0.3, -0.25) is 8.42 Å². The summed E-state index contributed by atoms with van der Waals surface area (Å²) in [6.07, 6.45) is 0. The van der Waals surface area contributed by atoms with E-state index in [1.54, 1.807) is 0 Å². The van der Waals surface area contributed by atoms with Crippen molar-refractivity contribution in [1.82, 2.24) is 0 Å². The van der Waals surface area contributed by atoms with Crippen molar-refractivity contribution in [2.75, 3.05) is 0 Å². The molecule has 0 saturated heterocycles. The van der Waals surface area contributed by atoms with Gasteiger partial charge in [0.05, 0.1) is 0 Å². The molecule has 0 aliphatic carbocycles. The van der Waals surface area contributed by atoms with Gasteiger partial charge in [-0.1, -0.05) is 0 Å². The van der Waals surface area contributed by atoms with Crippen LogP contribution in [0, 0.1) is 0 Å². The van der Waals surface area contributed by atoms with Crippen LogP contribution < -0.4 is 42.0 Å². The quantitative estimate of drug-likeness (QED) is 0.245. The van der Waals surface area contributed by atoms with E-state index in [0.717, 1.165) is 0 Å². The maximum absolute atomic E-state index is 8.52. The molecule has 48 valence electrons. The SMILES string of the molecule is Cl.O=S(=O)([O-])[O-].[Cl-].[Na+].[Zn+2]. The Kier molecular flexibility index (Phi) is 43.1. The molecule has 0 aromatic rings. The summed E-state index contributed by atoms with van der Waals surface area (Å²) < 4.78 is 34.1. The Bertz CT molecular complexity index is 102. The second-order valence-corrected chi connectivity index (χ2v) is 1.22. The summed E-state index contributed by atoms with van der Waals surface area (Å²) in [7, 11) is -5.17. The predicted molar refractivity (Wildman–Crippen MR) is 17.7 cm³/mol. The fraction of sp³-hybridized carbons (Fsp3) is 0. The molecular weight excluding hydrogens is 255 g/mol. The van der Waals surface area contributed by atoms with E-state index < -0.39 is 10.4 Å². The van der Waals surface area contributed by atoms with Gasteiger partial charge in [-0.25, -0.2) is 0 Å². The van der Waals surface area contributed by atoms with E-state index >= 15 is 0 Å². The zero-order valence-corrected chi connectivity index (χ0v) is 11.9. The number of halogens is 2. The first-order valence-corrected chi connectivity index (χ1v) is 2.00. The van der Waals surface area contributed by atoms with Crippen molar-refractivity contribution in [3.05, 3.63) is 0 Å². The van der Waals surface area contributed by atoms with Crippen LogP contribution in [0.1, 0.15) is 0 Å². The van der Waals surface area contributed by atoms with Crippen molar-refractivity contribution in [3.8, 4) is 0 Å². The Morgan fingerprint density at radius 1 is 1.11 bits per heavy atom. The Morgan fingerprint density at radius 3 is 1.11 bits per heavy atom. The van der Waals surface area contributed by atoms with Crippen LogP contribution in [-0.4, -0.2) is 17.5 Å². The van der Waals surface area contributed by atoms with Crippen molar-refractivity contribution >= 4 is 22.8 Å². The summed E-state index contributed by atoms with van der Waals surface area (Å²) >= 11 is 0. The summed E-state index contributed by atoms with van der Waals surface area (Å²) in [4.78, 5) is 0. The topological polar surface area (TPSA) is 80.3 Å². The smallest absolute Gasteiger partial charge is 1.00 e. The van der Waals surface area contributed by atoms with Crippen LogP contribution in [0.5, 0.6) is 0 Å². The van der Waals surface area contributed by atoms with Gasteiger partial charge in [-0.15, -0.1) is 12.4 Å². The maximum Gasteiger partial charge on any atom is 2.00 e. The molecule has 9 heavy (non-hydrogen) atoms. The second-order valence-electron chi connectivity index (χ2n) is 0.408. The van der Waals surface area contributed by atoms with Crippen LogP contribution in [0.2, 0.25) is 0 Å². The molecule has 9 heteroatoms. The first-order chi connectivity index (χ1) is 2.00. The van der Waals surface area contributed by atoms with Crippen LogP contribution >= 0.6 is 12.4 Å². The number of rotatable bonds is 0. The van der Waals surface area contributed by atoms with Gasteiger partial charge in [0.1, 0.15) is 0 Å². The summed E-state index contributed by atoms with van der Waals surface area (Å²) in [5, 5.41) is 0. The van der Waals surface area contributed by atoms with Gasteiger partial charge in [0.25, 0.3) is 0 Å². The summed E-state index contributed by atoms with van der Waals surface area (Å²) in [6, 6.07) is 0. The largest absolute Gasteiger partial charge is 2.00 e. The molecule has 0 aliphatic rings. The molecule has 0 heterocycles. The molecule has 0 amide bonds. The van der Waals surface area contributed by atoms with E-state index in [1.165, 1.54) is 0 Å². The van der Waals surface area contributed by atoms with Crippen molar-refractivity contribution in [2.45, 2.75) is 0 Å². The summed E-state index contributed by atoms with van der Waals surface area (Å²) in [5.74, 6) is 0. The molecule has 0 unspecified atom stereocenters. The Hall–Kier alpha value is 2.07. The minimum absolute atomic E-state index is 0. The molecule has 0 bridgehead atoms. The van der Waals surface area contributed by atoms with E-state index in [2.05, 4.69) is 0 Å². The van der Waals surface area contributed by atoms with Gasteiger partial charge in [0.15, 0.2) is 0 Å². The molecule has 4 nitrogen and oxygen atoms in total. The van der Waals surface area contributed by atoms with Gasteiger partial charge in [0, 0.05) is 10.4 Å². The van der Waals surface area contributed by atoms with E-state index in [4.69, 9.17) is 17.5 Å². The number of hydrogen-bond acceptors (Lipinski definition) is 4. The van der Waals surface area contributed by atoms with Crippen molar-refractivity contribution in [1.29, 1.82) is 0 Å². The number of hydrogen-bond donors (Lipinski definition) is 0. The fourth-order valence-corrected chi connectivity index (χ4v) is 0. The third-order valence-electron chi connectivity index (χ3n) is 0. The third-order valence-corrected chi connectivity index (χ3v) is 0. The van der Waals surface area contributed by atoms with Gasteiger partial charge in [-0.05, 0) is 0 Å². The minimum atomic E-state index is -5.17. The first-order valence-electron chi connectivity index (χ1n) is 0.667. The molecule has 0 aliphatic heterocycles. The second kappa shape index (κ2) is 12.7. The van der Waals surface area contributed by atoms with Crippen molar-refractivity contribution in [2.24, 2.45) is 0 Å². The molecule has 0 saturated carbocycles. The van der Waals surface area contributed by atoms with Crippen molar-refractivity contribution < 1.29 is 79.0 Å². The zero-order chi connectivity index (χ0) is 4.50. The molecule has 0 aromatic carbocycles. The Morgan fingerprint density at radius 2 is 1.11 bits per heavy atom. The molecule has 0 rings (SSSR count). The molecule has 0 N–H and O–H groups in total. The summed E-state index contributed by atoms with van der Waals surface area (Å²) in [6.45, 7) is 0. The molecule has 0 fully saturated rings. The van der Waals surface area contributed by atoms with E-state index in [1.807, 2.05) is 0 Å². The van der Waals surface area contributed by atoms with Gasteiger partial charge < -0.3 is 21.5 Å². The third kappa shape index (κ3) is 153. The normalized spacial score (nSPS) is 6.44. The van der Waals surface area contributed by atoms with Gasteiger partial charge in [-0.2, -0.15) is 0 Å². The molecule has 0 spiro atoms. The summed E-state index contributed by atoms with van der Waals surface area (Å²) in [5.41, 5.74) is 0. The molecular formula is HCl2NaO4SZn. The standard InChI is InChI=1S/2ClH.Na.H2O4S.Zn/c;;;1-5(2,3)4;/h2*1H;;(H2,1,2,3,4);/q;;+1;;+2/p-3. The van der Waals surface area contributed by atoms with E-state index in [-0.39, 0.29) is 73.8 Å². The van der Waals surface area contributed by atoms with Gasteiger partial charge in [0.2, 0.25) is 0 Å². The van der Waals surface area contributed by atoms with E-state index in [9.17, 15) is 0 Å². The fourth-order valence-electron chi connectivity index (χ4n) is 0.